The molecule has 0 aliphatic carbocycles. The van der Waals surface area contributed by atoms with Crippen LogP contribution in [-0.4, -0.2) is 25.1 Å². The number of cyclic esters (lactones) is 1. The summed E-state index contributed by atoms with van der Waals surface area (Å²) in [4.78, 5) is 14.0. The van der Waals surface area contributed by atoms with Crippen molar-refractivity contribution in [1.82, 2.24) is 0 Å². The van der Waals surface area contributed by atoms with Crippen LogP contribution in [0.1, 0.15) is 26.2 Å². The van der Waals surface area contributed by atoms with Crippen LogP contribution in [0.15, 0.2) is 15.2 Å². The Morgan fingerprint density at radius 1 is 1.54 bits per heavy atom. The number of amides is 1. The first-order chi connectivity index (χ1) is 6.33. The van der Waals surface area contributed by atoms with Crippen molar-refractivity contribution in [2.24, 2.45) is 15.2 Å². The maximum atomic E-state index is 10.5. The summed E-state index contributed by atoms with van der Waals surface area (Å²) in [5.74, 6) is 0.376. The highest BCUT2D eigenvalue weighted by molar-refractivity contribution is 5.97. The molecular formula is C8H13N3O2. The van der Waals surface area contributed by atoms with Gasteiger partial charge in [0.25, 0.3) is 0 Å². The highest BCUT2D eigenvalue weighted by atomic mass is 16.6. The molecule has 0 aromatic rings. The number of carbonyl (C=O) groups is 1. The molecule has 0 aromatic carbocycles. The van der Waals surface area contributed by atoms with E-state index in [1.165, 1.54) is 0 Å². The molecular weight excluding hydrogens is 170 g/mol. The van der Waals surface area contributed by atoms with Gasteiger partial charge in [-0.2, -0.15) is 10.1 Å². The summed E-state index contributed by atoms with van der Waals surface area (Å²) < 4.78 is 4.55. The summed E-state index contributed by atoms with van der Waals surface area (Å²) in [6.45, 7) is 2.99. The summed E-state index contributed by atoms with van der Waals surface area (Å²) in [7, 11) is 0. The standard InChI is InChI=1S/C8H13N3O2/c1-2-3-4-5-9-11-7-6-13-8(12)10-7/h2-6H2,1H3. The van der Waals surface area contributed by atoms with Gasteiger partial charge in [0.2, 0.25) is 0 Å². The fourth-order valence-corrected chi connectivity index (χ4v) is 0.912. The second-order valence-corrected chi connectivity index (χ2v) is 2.75. The highest BCUT2D eigenvalue weighted by Crippen LogP contribution is 2.00. The van der Waals surface area contributed by atoms with Crippen molar-refractivity contribution >= 4 is 11.9 Å². The van der Waals surface area contributed by atoms with E-state index in [1.54, 1.807) is 0 Å². The predicted octanol–water partition coefficient (Wildman–Crippen LogP) is 2.18. The second kappa shape index (κ2) is 5.40. The molecule has 0 bridgehead atoms. The van der Waals surface area contributed by atoms with Crippen LogP contribution in [0.2, 0.25) is 0 Å². The first kappa shape index (κ1) is 9.83. The quantitative estimate of drug-likeness (QED) is 0.495. The Bertz CT molecular complexity index is 236. The molecule has 1 aliphatic heterocycles. The van der Waals surface area contributed by atoms with Gasteiger partial charge in [0.05, 0.1) is 6.54 Å². The van der Waals surface area contributed by atoms with E-state index in [-0.39, 0.29) is 6.61 Å². The van der Waals surface area contributed by atoms with Crippen molar-refractivity contribution in [2.45, 2.75) is 26.2 Å². The lowest BCUT2D eigenvalue weighted by Gasteiger charge is -1.90. The smallest absolute Gasteiger partial charge is 0.435 e. The molecule has 0 N–H and O–H groups in total. The maximum absolute atomic E-state index is 10.5. The molecule has 0 fully saturated rings. The molecule has 0 saturated carbocycles. The summed E-state index contributed by atoms with van der Waals surface area (Å²) >= 11 is 0. The van der Waals surface area contributed by atoms with Gasteiger partial charge in [-0.3, -0.25) is 0 Å². The van der Waals surface area contributed by atoms with Crippen LogP contribution in [0.5, 0.6) is 0 Å². The van der Waals surface area contributed by atoms with Gasteiger partial charge in [-0.15, -0.1) is 5.11 Å². The first-order valence-electron chi connectivity index (χ1n) is 4.44. The van der Waals surface area contributed by atoms with Gasteiger partial charge in [0.1, 0.15) is 0 Å². The van der Waals surface area contributed by atoms with E-state index >= 15 is 0 Å². The molecule has 0 spiro atoms. The molecule has 1 aliphatic rings. The van der Waals surface area contributed by atoms with E-state index in [9.17, 15) is 4.79 Å². The van der Waals surface area contributed by atoms with E-state index in [0.29, 0.717) is 12.4 Å². The molecule has 1 heterocycles. The summed E-state index contributed by atoms with van der Waals surface area (Å²) in [5.41, 5.74) is 0. The fraction of sp³-hybridized carbons (Fsp3) is 0.750. The number of ether oxygens (including phenoxy) is 1. The Morgan fingerprint density at radius 2 is 2.38 bits per heavy atom. The number of unbranched alkanes of at least 4 members (excludes halogenated alkanes) is 2. The van der Waals surface area contributed by atoms with Gasteiger partial charge in [-0.25, -0.2) is 4.79 Å². The number of carbonyl (C=O) groups excluding carboxylic acids is 1. The molecule has 1 amide bonds. The van der Waals surface area contributed by atoms with Gasteiger partial charge < -0.3 is 4.74 Å². The van der Waals surface area contributed by atoms with Crippen molar-refractivity contribution in [1.29, 1.82) is 0 Å². The zero-order valence-corrected chi connectivity index (χ0v) is 7.69. The van der Waals surface area contributed by atoms with Crippen molar-refractivity contribution in [3.63, 3.8) is 0 Å². The number of hydrogen-bond acceptors (Lipinski definition) is 4. The fourth-order valence-electron chi connectivity index (χ4n) is 0.912. The van der Waals surface area contributed by atoms with Crippen LogP contribution in [0.4, 0.5) is 4.79 Å². The second-order valence-electron chi connectivity index (χ2n) is 2.75. The molecule has 1 rings (SSSR count). The third-order valence-corrected chi connectivity index (χ3v) is 1.59. The van der Waals surface area contributed by atoms with E-state index in [2.05, 4.69) is 26.9 Å². The van der Waals surface area contributed by atoms with Crippen LogP contribution < -0.4 is 0 Å². The largest absolute Gasteiger partial charge is 0.440 e. The Morgan fingerprint density at radius 3 is 3.00 bits per heavy atom. The number of aliphatic imine (C=N–C) groups is 1. The third kappa shape index (κ3) is 3.78. The van der Waals surface area contributed by atoms with Crippen molar-refractivity contribution < 1.29 is 9.53 Å². The zero-order chi connectivity index (χ0) is 9.52. The van der Waals surface area contributed by atoms with E-state index in [0.717, 1.165) is 19.3 Å². The SMILES string of the molecule is CCCCCN=NC1=NC(=O)OC1. The highest BCUT2D eigenvalue weighted by Gasteiger charge is 2.13. The summed E-state index contributed by atoms with van der Waals surface area (Å²) in [5, 5.41) is 7.66. The molecule has 5 nitrogen and oxygen atoms in total. The van der Waals surface area contributed by atoms with Crippen LogP contribution >= 0.6 is 0 Å². The topological polar surface area (TPSA) is 63.4 Å². The Kier molecular flexibility index (Phi) is 4.08. The average Bonchev–Trinajstić information content (AvgIpc) is 2.51. The Labute approximate surface area is 76.9 Å². The lowest BCUT2D eigenvalue weighted by molar-refractivity contribution is 0.181. The van der Waals surface area contributed by atoms with Gasteiger partial charge in [0.15, 0.2) is 12.4 Å². The molecule has 0 saturated heterocycles. The minimum absolute atomic E-state index is 0.163. The molecule has 0 atom stereocenters. The lowest BCUT2D eigenvalue weighted by atomic mass is 10.3. The van der Waals surface area contributed by atoms with Crippen molar-refractivity contribution in [3.8, 4) is 0 Å². The number of rotatable bonds is 4. The molecule has 72 valence electrons. The van der Waals surface area contributed by atoms with Crippen molar-refractivity contribution in [3.05, 3.63) is 0 Å². The Balaban J connectivity index is 2.17. The number of nitrogens with zero attached hydrogens (tertiary/aromatic N) is 3. The van der Waals surface area contributed by atoms with Crippen molar-refractivity contribution in [2.75, 3.05) is 13.2 Å². The maximum Gasteiger partial charge on any atom is 0.435 e. The zero-order valence-electron chi connectivity index (χ0n) is 7.69. The van der Waals surface area contributed by atoms with Gasteiger partial charge in [-0.05, 0) is 6.42 Å². The van der Waals surface area contributed by atoms with Gasteiger partial charge >= 0.3 is 6.09 Å². The number of azo groups is 1. The van der Waals surface area contributed by atoms with Gasteiger partial charge in [0, 0.05) is 0 Å². The normalized spacial score (nSPS) is 16.4. The average molecular weight is 183 g/mol. The minimum Gasteiger partial charge on any atom is -0.440 e. The van der Waals surface area contributed by atoms with E-state index in [1.807, 2.05) is 0 Å². The Hall–Kier alpha value is -1.26. The van der Waals surface area contributed by atoms with E-state index in [4.69, 9.17) is 0 Å². The van der Waals surface area contributed by atoms with Crippen LogP contribution in [-0.2, 0) is 4.74 Å². The molecule has 0 aromatic heterocycles. The summed E-state index contributed by atoms with van der Waals surface area (Å²) in [6.07, 6.45) is 2.78. The minimum atomic E-state index is -0.567. The summed E-state index contributed by atoms with van der Waals surface area (Å²) in [6, 6.07) is 0. The molecule has 13 heavy (non-hydrogen) atoms. The molecule has 5 heteroatoms. The number of amidine groups is 1. The van der Waals surface area contributed by atoms with Crippen LogP contribution in [0.3, 0.4) is 0 Å². The predicted molar refractivity (Wildman–Crippen MR) is 48.0 cm³/mol. The number of hydrogen-bond donors (Lipinski definition) is 0. The lowest BCUT2D eigenvalue weighted by Crippen LogP contribution is -1.95. The monoisotopic (exact) mass is 183 g/mol. The molecule has 0 unspecified atom stereocenters. The van der Waals surface area contributed by atoms with Gasteiger partial charge in [-0.1, -0.05) is 19.8 Å². The first-order valence-corrected chi connectivity index (χ1v) is 4.44. The molecule has 0 radical (unpaired) electrons. The van der Waals surface area contributed by atoms with Crippen LogP contribution in [0.25, 0.3) is 0 Å². The third-order valence-electron chi connectivity index (χ3n) is 1.59. The van der Waals surface area contributed by atoms with Crippen LogP contribution in [0, 0.1) is 0 Å². The van der Waals surface area contributed by atoms with E-state index < -0.39 is 6.09 Å².